The molecule has 3 rings (SSSR count). The number of anilines is 1. The molecule has 1 aromatic heterocycles. The van der Waals surface area contributed by atoms with Crippen LogP contribution in [0.4, 0.5) is 5.00 Å². The smallest absolute Gasteiger partial charge is 0.338 e. The van der Waals surface area contributed by atoms with E-state index in [1.807, 2.05) is 6.07 Å². The summed E-state index contributed by atoms with van der Waals surface area (Å²) < 4.78 is 21.1. The number of nitriles is 1. The largest absolute Gasteiger partial charge is 0.493 e. The van der Waals surface area contributed by atoms with Crippen LogP contribution in [-0.4, -0.2) is 38.8 Å². The molecule has 2 heterocycles. The third kappa shape index (κ3) is 3.70. The second-order valence-corrected chi connectivity index (χ2v) is 6.02. The van der Waals surface area contributed by atoms with Gasteiger partial charge in [-0.05, 0) is 23.6 Å². The Hall–Kier alpha value is -3.25. The molecule has 0 aliphatic carbocycles. The van der Waals surface area contributed by atoms with Gasteiger partial charge in [0.05, 0.1) is 18.2 Å². The van der Waals surface area contributed by atoms with Crippen molar-refractivity contribution < 1.29 is 28.5 Å². The first-order valence-corrected chi connectivity index (χ1v) is 8.42. The number of thiophene rings is 1. The van der Waals surface area contributed by atoms with Gasteiger partial charge in [-0.25, -0.2) is 4.79 Å². The molecule has 1 aliphatic heterocycles. The highest BCUT2D eigenvalue weighted by atomic mass is 32.1. The lowest BCUT2D eigenvalue weighted by Gasteiger charge is -2.21. The Morgan fingerprint density at radius 2 is 2.15 bits per heavy atom. The number of rotatable bonds is 5. The summed E-state index contributed by atoms with van der Waals surface area (Å²) in [6.07, 6.45) is 0. The summed E-state index contributed by atoms with van der Waals surface area (Å²) in [5, 5.41) is 13.5. The van der Waals surface area contributed by atoms with Gasteiger partial charge in [0.25, 0.3) is 5.91 Å². The van der Waals surface area contributed by atoms with Crippen LogP contribution in [0.1, 0.15) is 15.9 Å². The van der Waals surface area contributed by atoms with Gasteiger partial charge in [-0.1, -0.05) is 0 Å². The van der Waals surface area contributed by atoms with Gasteiger partial charge >= 0.3 is 5.97 Å². The zero-order chi connectivity index (χ0) is 18.5. The molecule has 0 bridgehead atoms. The van der Waals surface area contributed by atoms with Crippen molar-refractivity contribution in [2.24, 2.45) is 0 Å². The molecule has 8 nitrogen and oxygen atoms in total. The lowest BCUT2D eigenvalue weighted by Crippen LogP contribution is -2.21. The molecule has 0 saturated carbocycles. The summed E-state index contributed by atoms with van der Waals surface area (Å²) in [5.41, 5.74) is 0.527. The number of ether oxygens (including phenoxy) is 4. The Balaban J connectivity index is 1.65. The van der Waals surface area contributed by atoms with Crippen LogP contribution in [0, 0.1) is 11.3 Å². The maximum atomic E-state index is 12.2. The molecule has 1 N–H and O–H groups in total. The van der Waals surface area contributed by atoms with E-state index in [0.29, 0.717) is 41.0 Å². The Morgan fingerprint density at radius 1 is 1.35 bits per heavy atom. The first kappa shape index (κ1) is 17.6. The topological polar surface area (TPSA) is 107 Å². The van der Waals surface area contributed by atoms with Gasteiger partial charge in [-0.3, -0.25) is 4.79 Å². The number of fused-ring (bicyclic) bond motifs is 1. The van der Waals surface area contributed by atoms with Crippen molar-refractivity contribution in [2.75, 3.05) is 32.2 Å². The lowest BCUT2D eigenvalue weighted by molar-refractivity contribution is -0.119. The van der Waals surface area contributed by atoms with E-state index in [2.05, 4.69) is 5.32 Å². The maximum absolute atomic E-state index is 12.2. The van der Waals surface area contributed by atoms with Crippen LogP contribution in [-0.2, 0) is 9.53 Å². The van der Waals surface area contributed by atoms with Gasteiger partial charge < -0.3 is 24.3 Å². The van der Waals surface area contributed by atoms with Crippen LogP contribution in [0.25, 0.3) is 0 Å². The van der Waals surface area contributed by atoms with Crippen LogP contribution in [0.3, 0.4) is 0 Å². The van der Waals surface area contributed by atoms with Crippen molar-refractivity contribution in [3.8, 4) is 23.3 Å². The van der Waals surface area contributed by atoms with Crippen molar-refractivity contribution in [1.82, 2.24) is 0 Å². The number of benzene rings is 1. The molecular weight excluding hydrogens is 360 g/mol. The summed E-state index contributed by atoms with van der Waals surface area (Å²) in [4.78, 5) is 24.1. The monoisotopic (exact) mass is 374 g/mol. The predicted octanol–water partition coefficient (Wildman–Crippen LogP) is 2.20. The van der Waals surface area contributed by atoms with Crippen molar-refractivity contribution >= 4 is 28.2 Å². The van der Waals surface area contributed by atoms with Crippen molar-refractivity contribution in [3.05, 3.63) is 34.7 Å². The SMILES string of the molecule is COc1cc(C(=O)OCC(=O)Nc2sccc2C#N)cc2c1OCCO2. The average molecular weight is 374 g/mol. The van der Waals surface area contributed by atoms with E-state index in [-0.39, 0.29) is 5.56 Å². The van der Waals surface area contributed by atoms with Crippen molar-refractivity contribution in [1.29, 1.82) is 5.26 Å². The minimum Gasteiger partial charge on any atom is -0.493 e. The van der Waals surface area contributed by atoms with E-state index in [1.54, 1.807) is 11.4 Å². The van der Waals surface area contributed by atoms with E-state index in [1.165, 1.54) is 30.6 Å². The fourth-order valence-electron chi connectivity index (χ4n) is 2.26. The summed E-state index contributed by atoms with van der Waals surface area (Å²) in [7, 11) is 1.45. The van der Waals surface area contributed by atoms with Crippen LogP contribution < -0.4 is 19.5 Å². The van der Waals surface area contributed by atoms with Crippen molar-refractivity contribution in [3.63, 3.8) is 0 Å². The number of esters is 1. The molecule has 0 unspecified atom stereocenters. The second-order valence-electron chi connectivity index (χ2n) is 5.10. The van der Waals surface area contributed by atoms with E-state index in [4.69, 9.17) is 24.2 Å². The lowest BCUT2D eigenvalue weighted by atomic mass is 10.1. The Kier molecular flexibility index (Phi) is 5.24. The van der Waals surface area contributed by atoms with Crippen LogP contribution in [0.15, 0.2) is 23.6 Å². The van der Waals surface area contributed by atoms with Crippen LogP contribution in [0.2, 0.25) is 0 Å². The van der Waals surface area contributed by atoms with Gasteiger partial charge in [0.2, 0.25) is 5.75 Å². The molecule has 2 aromatic rings. The minimum absolute atomic E-state index is 0.174. The van der Waals surface area contributed by atoms with Crippen LogP contribution >= 0.6 is 11.3 Å². The zero-order valence-electron chi connectivity index (χ0n) is 13.7. The van der Waals surface area contributed by atoms with E-state index in [0.717, 1.165) is 0 Å². The highest BCUT2D eigenvalue weighted by Gasteiger charge is 2.22. The maximum Gasteiger partial charge on any atom is 0.338 e. The van der Waals surface area contributed by atoms with Gasteiger partial charge in [0.1, 0.15) is 24.3 Å². The molecule has 0 spiro atoms. The third-order valence-electron chi connectivity index (χ3n) is 3.44. The summed E-state index contributed by atoms with van der Waals surface area (Å²) in [6.45, 7) is 0.262. The van der Waals surface area contributed by atoms with Crippen molar-refractivity contribution in [2.45, 2.75) is 0 Å². The summed E-state index contributed by atoms with van der Waals surface area (Å²) >= 11 is 1.21. The number of nitrogens with zero attached hydrogens (tertiary/aromatic N) is 1. The minimum atomic E-state index is -0.706. The number of carbonyl (C=O) groups excluding carboxylic acids is 2. The molecule has 0 saturated heterocycles. The third-order valence-corrected chi connectivity index (χ3v) is 4.27. The Morgan fingerprint density at radius 3 is 2.92 bits per heavy atom. The van der Waals surface area contributed by atoms with Gasteiger partial charge in [-0.2, -0.15) is 5.26 Å². The molecule has 1 amide bonds. The molecule has 1 aliphatic rings. The van der Waals surface area contributed by atoms with E-state index >= 15 is 0 Å². The molecule has 9 heteroatoms. The molecule has 0 atom stereocenters. The Bertz CT molecular complexity index is 869. The number of hydrogen-bond donors (Lipinski definition) is 1. The molecule has 0 fully saturated rings. The highest BCUT2D eigenvalue weighted by molar-refractivity contribution is 7.14. The predicted molar refractivity (Wildman–Crippen MR) is 91.9 cm³/mol. The quantitative estimate of drug-likeness (QED) is 0.800. The van der Waals surface area contributed by atoms with Gasteiger partial charge in [0.15, 0.2) is 18.1 Å². The van der Waals surface area contributed by atoms with Gasteiger partial charge in [0, 0.05) is 0 Å². The molecule has 1 aromatic carbocycles. The van der Waals surface area contributed by atoms with E-state index < -0.39 is 18.5 Å². The first-order valence-electron chi connectivity index (χ1n) is 7.54. The molecule has 134 valence electrons. The zero-order valence-corrected chi connectivity index (χ0v) is 14.6. The van der Waals surface area contributed by atoms with E-state index in [9.17, 15) is 9.59 Å². The molecule has 26 heavy (non-hydrogen) atoms. The fraction of sp³-hybridized carbons (Fsp3) is 0.235. The highest BCUT2D eigenvalue weighted by Crippen LogP contribution is 2.40. The summed E-state index contributed by atoms with van der Waals surface area (Å²) in [5.74, 6) is -0.0983. The van der Waals surface area contributed by atoms with Gasteiger partial charge in [-0.15, -0.1) is 11.3 Å². The fourth-order valence-corrected chi connectivity index (χ4v) is 3.02. The summed E-state index contributed by atoms with van der Waals surface area (Å²) in [6, 6.07) is 6.49. The normalized spacial score (nSPS) is 12.0. The Labute approximate surface area is 152 Å². The molecule has 0 radical (unpaired) electrons. The number of nitrogens with one attached hydrogen (secondary N) is 1. The second kappa shape index (κ2) is 7.76. The number of carbonyl (C=O) groups is 2. The van der Waals surface area contributed by atoms with Crippen LogP contribution in [0.5, 0.6) is 17.2 Å². The number of hydrogen-bond acceptors (Lipinski definition) is 8. The average Bonchev–Trinajstić information content (AvgIpc) is 3.12. The number of amides is 1. The standard InChI is InChI=1S/C17H14N2O6S/c1-22-12-6-11(7-13-15(12)24-4-3-23-13)17(21)25-9-14(20)19-16-10(8-18)2-5-26-16/h2,5-7H,3-4,9H2,1H3,(H,19,20). The first-order chi connectivity index (χ1) is 12.6. The number of methoxy groups -OCH3 is 1. The molecular formula is C17H14N2O6S.